The number of carbonyl (C=O) groups excluding carboxylic acids is 1. The van der Waals surface area contributed by atoms with Crippen molar-refractivity contribution < 1.29 is 9.53 Å². The Labute approximate surface area is 151 Å². The summed E-state index contributed by atoms with van der Waals surface area (Å²) in [5.74, 6) is 1.57. The van der Waals surface area contributed by atoms with Crippen molar-refractivity contribution in [2.45, 2.75) is 26.4 Å². The Kier molecular flexibility index (Phi) is 5.56. The Bertz CT molecular complexity index is 694. The van der Waals surface area contributed by atoms with Gasteiger partial charge in [-0.25, -0.2) is 0 Å². The van der Waals surface area contributed by atoms with Crippen LogP contribution in [0.3, 0.4) is 0 Å². The van der Waals surface area contributed by atoms with E-state index in [2.05, 4.69) is 22.9 Å². The van der Waals surface area contributed by atoms with Crippen LogP contribution in [-0.2, 0) is 6.61 Å². The van der Waals surface area contributed by atoms with Crippen LogP contribution < -0.4 is 4.74 Å². The normalized spacial score (nSPS) is 15.3. The molecule has 1 aliphatic heterocycles. The van der Waals surface area contributed by atoms with Gasteiger partial charge >= 0.3 is 0 Å². The van der Waals surface area contributed by atoms with Crippen LogP contribution in [0.4, 0.5) is 0 Å². The third-order valence-corrected chi connectivity index (χ3v) is 5.15. The van der Waals surface area contributed by atoms with Crippen molar-refractivity contribution in [1.29, 1.82) is 0 Å². The maximum Gasteiger partial charge on any atom is 0.255 e. The van der Waals surface area contributed by atoms with E-state index in [1.165, 1.54) is 0 Å². The van der Waals surface area contributed by atoms with Crippen LogP contribution in [-0.4, -0.2) is 23.9 Å². The molecule has 2 aromatic rings. The predicted molar refractivity (Wildman–Crippen MR) is 99.2 cm³/mol. The first kappa shape index (κ1) is 17.0. The number of amides is 1. The molecule has 0 radical (unpaired) electrons. The summed E-state index contributed by atoms with van der Waals surface area (Å²) in [6, 6.07) is 15.6. The number of halogens is 1. The minimum atomic E-state index is 0.100. The molecule has 0 aliphatic carbocycles. The summed E-state index contributed by atoms with van der Waals surface area (Å²) in [7, 11) is 0. The number of hydrogen-bond acceptors (Lipinski definition) is 2. The number of hydrogen-bond donors (Lipinski definition) is 0. The van der Waals surface area contributed by atoms with Crippen LogP contribution in [0.15, 0.2) is 53.0 Å². The van der Waals surface area contributed by atoms with Crippen molar-refractivity contribution in [1.82, 2.24) is 4.90 Å². The standard InChI is InChI=1S/C20H22BrNO2/c1-15-9-11-22(12-10-15)20(23)18-8-7-17(13-19(18)21)24-14-16-5-3-2-4-6-16/h2-8,13,15H,9-12,14H2,1H3. The van der Waals surface area contributed by atoms with Crippen LogP contribution in [0.5, 0.6) is 5.75 Å². The first-order valence-corrected chi connectivity index (χ1v) is 9.18. The lowest BCUT2D eigenvalue weighted by molar-refractivity contribution is 0.0696. The van der Waals surface area contributed by atoms with Crippen molar-refractivity contribution in [3.63, 3.8) is 0 Å². The Balaban J connectivity index is 1.65. The summed E-state index contributed by atoms with van der Waals surface area (Å²) in [6.07, 6.45) is 2.17. The minimum absolute atomic E-state index is 0.100. The molecule has 0 atom stereocenters. The van der Waals surface area contributed by atoms with Crippen molar-refractivity contribution >= 4 is 21.8 Å². The van der Waals surface area contributed by atoms with Gasteiger partial charge in [-0.15, -0.1) is 0 Å². The molecule has 0 bridgehead atoms. The molecule has 0 aromatic heterocycles. The fraction of sp³-hybridized carbons (Fsp3) is 0.350. The molecule has 1 fully saturated rings. The summed E-state index contributed by atoms with van der Waals surface area (Å²) < 4.78 is 6.60. The highest BCUT2D eigenvalue weighted by Crippen LogP contribution is 2.26. The fourth-order valence-corrected chi connectivity index (χ4v) is 3.41. The quantitative estimate of drug-likeness (QED) is 0.746. The number of likely N-dealkylation sites (tertiary alicyclic amines) is 1. The zero-order valence-electron chi connectivity index (χ0n) is 13.9. The van der Waals surface area contributed by atoms with E-state index in [4.69, 9.17) is 4.74 Å². The van der Waals surface area contributed by atoms with Gasteiger partial charge in [0.2, 0.25) is 0 Å². The summed E-state index contributed by atoms with van der Waals surface area (Å²) in [5.41, 5.74) is 1.83. The van der Waals surface area contributed by atoms with E-state index >= 15 is 0 Å². The molecule has 3 rings (SSSR count). The third-order valence-electron chi connectivity index (χ3n) is 4.49. The third kappa shape index (κ3) is 4.18. The van der Waals surface area contributed by atoms with Gasteiger partial charge in [0, 0.05) is 17.6 Å². The van der Waals surface area contributed by atoms with Gasteiger partial charge in [0.05, 0.1) is 5.56 Å². The first-order chi connectivity index (χ1) is 11.6. The average molecular weight is 388 g/mol. The van der Waals surface area contributed by atoms with Crippen LogP contribution in [0.25, 0.3) is 0 Å². The molecular weight excluding hydrogens is 366 g/mol. The first-order valence-electron chi connectivity index (χ1n) is 8.39. The molecule has 2 aromatic carbocycles. The lowest BCUT2D eigenvalue weighted by Crippen LogP contribution is -2.38. The number of piperidine rings is 1. The van der Waals surface area contributed by atoms with E-state index < -0.39 is 0 Å². The monoisotopic (exact) mass is 387 g/mol. The molecule has 0 N–H and O–H groups in total. The van der Waals surface area contributed by atoms with Gasteiger partial charge in [0.25, 0.3) is 5.91 Å². The zero-order chi connectivity index (χ0) is 16.9. The summed E-state index contributed by atoms with van der Waals surface area (Å²) in [6.45, 7) is 4.46. The number of ether oxygens (including phenoxy) is 1. The predicted octanol–water partition coefficient (Wildman–Crippen LogP) is 4.90. The van der Waals surface area contributed by atoms with Crippen LogP contribution in [0, 0.1) is 5.92 Å². The summed E-state index contributed by atoms with van der Waals surface area (Å²) in [5, 5.41) is 0. The molecule has 3 nitrogen and oxygen atoms in total. The molecule has 1 heterocycles. The second kappa shape index (κ2) is 7.84. The van der Waals surface area contributed by atoms with Gasteiger partial charge in [-0.05, 0) is 58.5 Å². The van der Waals surface area contributed by atoms with E-state index in [0.717, 1.165) is 41.7 Å². The highest BCUT2D eigenvalue weighted by atomic mass is 79.9. The number of carbonyl (C=O) groups is 1. The highest BCUT2D eigenvalue weighted by Gasteiger charge is 2.23. The highest BCUT2D eigenvalue weighted by molar-refractivity contribution is 9.10. The fourth-order valence-electron chi connectivity index (χ4n) is 2.88. The average Bonchev–Trinajstić information content (AvgIpc) is 2.61. The van der Waals surface area contributed by atoms with Gasteiger partial charge < -0.3 is 9.64 Å². The molecule has 1 amide bonds. The van der Waals surface area contributed by atoms with E-state index in [1.807, 2.05) is 53.4 Å². The number of benzene rings is 2. The largest absolute Gasteiger partial charge is 0.489 e. The molecule has 1 saturated heterocycles. The lowest BCUT2D eigenvalue weighted by Gasteiger charge is -2.30. The molecule has 0 spiro atoms. The Morgan fingerprint density at radius 1 is 1.17 bits per heavy atom. The molecule has 1 aliphatic rings. The van der Waals surface area contributed by atoms with Gasteiger partial charge in [-0.3, -0.25) is 4.79 Å². The molecule has 24 heavy (non-hydrogen) atoms. The van der Waals surface area contributed by atoms with Crippen LogP contribution in [0.2, 0.25) is 0 Å². The molecule has 0 saturated carbocycles. The van der Waals surface area contributed by atoms with Crippen molar-refractivity contribution in [2.75, 3.05) is 13.1 Å². The van der Waals surface area contributed by atoms with E-state index in [-0.39, 0.29) is 5.91 Å². The summed E-state index contributed by atoms with van der Waals surface area (Å²) >= 11 is 3.52. The smallest absolute Gasteiger partial charge is 0.255 e. The van der Waals surface area contributed by atoms with Gasteiger partial charge in [-0.2, -0.15) is 0 Å². The maximum absolute atomic E-state index is 12.7. The lowest BCUT2D eigenvalue weighted by atomic mass is 9.98. The maximum atomic E-state index is 12.7. The second-order valence-corrected chi connectivity index (χ2v) is 7.24. The molecule has 126 valence electrons. The topological polar surface area (TPSA) is 29.5 Å². The van der Waals surface area contributed by atoms with E-state index in [9.17, 15) is 4.79 Å². The second-order valence-electron chi connectivity index (χ2n) is 6.39. The summed E-state index contributed by atoms with van der Waals surface area (Å²) in [4.78, 5) is 14.6. The number of rotatable bonds is 4. The Morgan fingerprint density at radius 3 is 2.54 bits per heavy atom. The van der Waals surface area contributed by atoms with E-state index in [1.54, 1.807) is 0 Å². The van der Waals surface area contributed by atoms with Gasteiger partial charge in [-0.1, -0.05) is 37.3 Å². The van der Waals surface area contributed by atoms with E-state index in [0.29, 0.717) is 18.1 Å². The molecule has 4 heteroatoms. The molecule has 0 unspecified atom stereocenters. The Morgan fingerprint density at radius 2 is 1.88 bits per heavy atom. The van der Waals surface area contributed by atoms with Gasteiger partial charge in [0.15, 0.2) is 0 Å². The van der Waals surface area contributed by atoms with Gasteiger partial charge in [0.1, 0.15) is 12.4 Å². The van der Waals surface area contributed by atoms with Crippen LogP contribution in [0.1, 0.15) is 35.7 Å². The van der Waals surface area contributed by atoms with Crippen molar-refractivity contribution in [3.8, 4) is 5.75 Å². The number of nitrogens with zero attached hydrogens (tertiary/aromatic N) is 1. The van der Waals surface area contributed by atoms with Crippen LogP contribution >= 0.6 is 15.9 Å². The SMILES string of the molecule is CC1CCN(C(=O)c2ccc(OCc3ccccc3)cc2Br)CC1. The van der Waals surface area contributed by atoms with Crippen molar-refractivity contribution in [2.24, 2.45) is 5.92 Å². The molecular formula is C20H22BrNO2. The van der Waals surface area contributed by atoms with Crippen molar-refractivity contribution in [3.05, 3.63) is 64.1 Å². The minimum Gasteiger partial charge on any atom is -0.489 e. The Hall–Kier alpha value is -1.81. The zero-order valence-corrected chi connectivity index (χ0v) is 15.5.